The molecule has 2 aromatic carbocycles. The van der Waals surface area contributed by atoms with Gasteiger partial charge in [0.2, 0.25) is 0 Å². The average Bonchev–Trinajstić information content (AvgIpc) is 3.29. The normalized spacial score (nSPS) is 15.1. The van der Waals surface area contributed by atoms with Gasteiger partial charge in [-0.05, 0) is 96.7 Å². The number of fused-ring (bicyclic) bond motifs is 2. The summed E-state index contributed by atoms with van der Waals surface area (Å²) in [6.45, 7) is 2.07. The van der Waals surface area contributed by atoms with E-state index in [1.54, 1.807) is 0 Å². The third kappa shape index (κ3) is 3.65. The topological polar surface area (TPSA) is 41.1 Å². The van der Waals surface area contributed by atoms with E-state index in [1.807, 2.05) is 11.5 Å². The lowest BCUT2D eigenvalue weighted by molar-refractivity contribution is 0.257. The molecule has 0 fully saturated rings. The molecule has 0 bridgehead atoms. The van der Waals surface area contributed by atoms with Crippen LogP contribution in [0.4, 0.5) is 10.5 Å². The second kappa shape index (κ2) is 7.58. The molecule has 0 radical (unpaired) electrons. The van der Waals surface area contributed by atoms with Gasteiger partial charge in [0.05, 0.1) is 0 Å². The van der Waals surface area contributed by atoms with Crippen LogP contribution < -0.4 is 10.0 Å². The lowest BCUT2D eigenvalue weighted by Gasteiger charge is -2.16. The maximum Gasteiger partial charge on any atom is 0.329 e. The van der Waals surface area contributed by atoms with E-state index in [0.717, 1.165) is 36.9 Å². The molecule has 0 saturated carbocycles. The molecule has 0 aromatic heterocycles. The number of nitrogens with one attached hydrogen (secondary N) is 2. The second-order valence-corrected chi connectivity index (χ2v) is 7.83. The highest BCUT2D eigenvalue weighted by Gasteiger charge is 2.24. The first-order valence-corrected chi connectivity index (χ1v) is 10.2. The van der Waals surface area contributed by atoms with Crippen molar-refractivity contribution < 1.29 is 4.79 Å². The summed E-state index contributed by atoms with van der Waals surface area (Å²) in [5.41, 5.74) is 9.06. The molecule has 4 rings (SSSR count). The van der Waals surface area contributed by atoms with Crippen LogP contribution in [0.25, 0.3) is 6.08 Å². The quantitative estimate of drug-likeness (QED) is 0.712. The zero-order chi connectivity index (χ0) is 17.9. The molecule has 2 aliphatic carbocycles. The standard InChI is InChI=1S/C22H24N2OS/c1-15-8-10-16(11-9-15)12-13-26-24-22(25)23-21-19-6-2-4-17(19)14-18-5-3-7-20(18)21/h8-14H,2-7H2,1H3,(H2,23,24,25)/b13-12+. The molecule has 4 heteroatoms. The maximum absolute atomic E-state index is 12.4. The van der Waals surface area contributed by atoms with Crippen LogP contribution in [0.5, 0.6) is 0 Å². The fourth-order valence-corrected chi connectivity index (χ4v) is 4.44. The van der Waals surface area contributed by atoms with Crippen molar-refractivity contribution in [2.75, 3.05) is 5.32 Å². The largest absolute Gasteiger partial charge is 0.329 e. The number of hydrogen-bond acceptors (Lipinski definition) is 2. The first kappa shape index (κ1) is 17.2. The van der Waals surface area contributed by atoms with E-state index in [2.05, 4.69) is 47.3 Å². The van der Waals surface area contributed by atoms with Crippen molar-refractivity contribution in [1.29, 1.82) is 0 Å². The van der Waals surface area contributed by atoms with E-state index < -0.39 is 0 Å². The molecule has 0 unspecified atom stereocenters. The van der Waals surface area contributed by atoms with E-state index >= 15 is 0 Å². The van der Waals surface area contributed by atoms with Gasteiger partial charge in [-0.2, -0.15) is 0 Å². The minimum Gasteiger partial charge on any atom is -0.307 e. The highest BCUT2D eigenvalue weighted by molar-refractivity contribution is 8.00. The van der Waals surface area contributed by atoms with Crippen LogP contribution in [0, 0.1) is 6.92 Å². The highest BCUT2D eigenvalue weighted by Crippen LogP contribution is 2.38. The van der Waals surface area contributed by atoms with Gasteiger partial charge in [-0.15, -0.1) is 0 Å². The molecular weight excluding hydrogens is 340 g/mol. The van der Waals surface area contributed by atoms with E-state index in [-0.39, 0.29) is 6.03 Å². The average molecular weight is 365 g/mol. The lowest BCUT2D eigenvalue weighted by atomic mass is 9.99. The fourth-order valence-electron chi connectivity index (χ4n) is 3.98. The summed E-state index contributed by atoms with van der Waals surface area (Å²) in [7, 11) is 0. The number of anilines is 1. The summed E-state index contributed by atoms with van der Waals surface area (Å²) >= 11 is 1.30. The third-order valence-corrected chi connectivity index (χ3v) is 5.84. The van der Waals surface area contributed by atoms with Crippen LogP contribution in [0.1, 0.15) is 46.2 Å². The van der Waals surface area contributed by atoms with Gasteiger partial charge in [-0.25, -0.2) is 4.79 Å². The zero-order valence-electron chi connectivity index (χ0n) is 15.1. The van der Waals surface area contributed by atoms with Gasteiger partial charge in [0.1, 0.15) is 0 Å². The van der Waals surface area contributed by atoms with Crippen molar-refractivity contribution in [3.8, 4) is 0 Å². The molecule has 3 nitrogen and oxygen atoms in total. The predicted molar refractivity (Wildman–Crippen MR) is 110 cm³/mol. The highest BCUT2D eigenvalue weighted by atomic mass is 32.2. The molecule has 0 spiro atoms. The van der Waals surface area contributed by atoms with Crippen molar-refractivity contribution >= 4 is 29.7 Å². The van der Waals surface area contributed by atoms with Gasteiger partial charge >= 0.3 is 6.03 Å². The molecule has 0 heterocycles. The molecule has 2 aromatic rings. The van der Waals surface area contributed by atoms with Gasteiger partial charge in [-0.3, -0.25) is 4.72 Å². The molecule has 2 amide bonds. The molecule has 0 saturated heterocycles. The van der Waals surface area contributed by atoms with E-state index in [1.165, 1.54) is 52.6 Å². The van der Waals surface area contributed by atoms with Crippen LogP contribution in [0.3, 0.4) is 0 Å². The number of carbonyl (C=O) groups excluding carboxylic acids is 1. The number of carbonyl (C=O) groups is 1. The molecule has 134 valence electrons. The molecule has 2 aliphatic rings. The summed E-state index contributed by atoms with van der Waals surface area (Å²) in [4.78, 5) is 12.4. The zero-order valence-corrected chi connectivity index (χ0v) is 15.9. The van der Waals surface area contributed by atoms with Crippen molar-refractivity contribution in [2.24, 2.45) is 0 Å². The Morgan fingerprint density at radius 2 is 1.65 bits per heavy atom. The van der Waals surface area contributed by atoms with E-state index in [9.17, 15) is 4.79 Å². The number of hydrogen-bond donors (Lipinski definition) is 2. The third-order valence-electron chi connectivity index (χ3n) is 5.27. The van der Waals surface area contributed by atoms with Crippen molar-refractivity contribution in [1.82, 2.24) is 4.72 Å². The summed E-state index contributed by atoms with van der Waals surface area (Å²) in [5.74, 6) is 0. The molecule has 0 atom stereocenters. The number of benzene rings is 2. The number of rotatable bonds is 4. The SMILES string of the molecule is Cc1ccc(/C=C/SNC(=O)Nc2c3c(cc4c2CCC4)CCC3)cc1. The van der Waals surface area contributed by atoms with E-state index in [4.69, 9.17) is 0 Å². The Bertz CT molecular complexity index is 823. The fraction of sp³-hybridized carbons (Fsp3) is 0.318. The minimum atomic E-state index is -0.141. The molecular formula is C22H24N2OS. The van der Waals surface area contributed by atoms with Gasteiger partial charge in [-0.1, -0.05) is 35.9 Å². The number of amides is 2. The monoisotopic (exact) mass is 364 g/mol. The summed E-state index contributed by atoms with van der Waals surface area (Å²) in [5, 5.41) is 5.05. The summed E-state index contributed by atoms with van der Waals surface area (Å²) in [6, 6.07) is 10.6. The number of aryl methyl sites for hydroxylation is 3. The first-order chi connectivity index (χ1) is 12.7. The lowest BCUT2D eigenvalue weighted by Crippen LogP contribution is -2.23. The van der Waals surface area contributed by atoms with Crippen LogP contribution in [-0.4, -0.2) is 6.03 Å². The van der Waals surface area contributed by atoms with Crippen molar-refractivity contribution in [3.05, 3.63) is 69.1 Å². The van der Waals surface area contributed by atoms with Gasteiger partial charge < -0.3 is 5.32 Å². The van der Waals surface area contributed by atoms with Crippen molar-refractivity contribution in [3.63, 3.8) is 0 Å². The Morgan fingerprint density at radius 3 is 2.31 bits per heavy atom. The Hall–Kier alpha value is -2.20. The summed E-state index contributed by atoms with van der Waals surface area (Å²) in [6.07, 6.45) is 8.85. The van der Waals surface area contributed by atoms with Crippen LogP contribution in [0.15, 0.2) is 35.7 Å². The minimum absolute atomic E-state index is 0.141. The first-order valence-electron chi connectivity index (χ1n) is 9.33. The maximum atomic E-state index is 12.4. The van der Waals surface area contributed by atoms with Crippen LogP contribution in [0.2, 0.25) is 0 Å². The van der Waals surface area contributed by atoms with Crippen LogP contribution in [-0.2, 0) is 25.7 Å². The number of urea groups is 1. The van der Waals surface area contributed by atoms with Crippen molar-refractivity contribution in [2.45, 2.75) is 45.4 Å². The Balaban J connectivity index is 1.39. The Kier molecular flexibility index (Phi) is 5.02. The molecule has 0 aliphatic heterocycles. The van der Waals surface area contributed by atoms with E-state index in [0.29, 0.717) is 0 Å². The van der Waals surface area contributed by atoms with Gasteiger partial charge in [0.25, 0.3) is 0 Å². The Labute approximate surface area is 159 Å². The van der Waals surface area contributed by atoms with Crippen LogP contribution >= 0.6 is 11.9 Å². The molecule has 2 N–H and O–H groups in total. The Morgan fingerprint density at radius 1 is 1.00 bits per heavy atom. The smallest absolute Gasteiger partial charge is 0.307 e. The predicted octanol–water partition coefficient (Wildman–Crippen LogP) is 5.41. The van der Waals surface area contributed by atoms with Gasteiger partial charge in [0, 0.05) is 5.69 Å². The van der Waals surface area contributed by atoms with Gasteiger partial charge in [0.15, 0.2) is 0 Å². The second-order valence-electron chi connectivity index (χ2n) is 7.12. The molecule has 26 heavy (non-hydrogen) atoms. The summed E-state index contributed by atoms with van der Waals surface area (Å²) < 4.78 is 2.87.